The maximum absolute atomic E-state index is 13.7. The van der Waals surface area contributed by atoms with Gasteiger partial charge in [-0.25, -0.2) is 13.8 Å². The molecule has 4 nitrogen and oxygen atoms in total. The number of nitrogens with zero attached hydrogens (tertiary/aromatic N) is 2. The predicted octanol–water partition coefficient (Wildman–Crippen LogP) is 3.55. The topological polar surface area (TPSA) is 50.9 Å². The van der Waals surface area contributed by atoms with E-state index >= 15 is 0 Å². The van der Waals surface area contributed by atoms with Crippen molar-refractivity contribution in [2.75, 3.05) is 5.73 Å². The number of halogens is 2. The first-order valence-electron chi connectivity index (χ1n) is 6.31. The highest BCUT2D eigenvalue weighted by molar-refractivity contribution is 5.53. The van der Waals surface area contributed by atoms with Crippen molar-refractivity contribution >= 4 is 11.9 Å². The summed E-state index contributed by atoms with van der Waals surface area (Å²) >= 11 is 0. The molecule has 110 valence electrons. The Morgan fingerprint density at radius 3 is 2.67 bits per heavy atom. The van der Waals surface area contributed by atoms with Gasteiger partial charge in [0, 0.05) is 30.6 Å². The van der Waals surface area contributed by atoms with E-state index in [-0.39, 0.29) is 11.4 Å². The van der Waals surface area contributed by atoms with Crippen LogP contribution in [0.4, 0.5) is 14.5 Å². The van der Waals surface area contributed by atoms with E-state index in [4.69, 9.17) is 10.5 Å². The number of anilines is 1. The van der Waals surface area contributed by atoms with Crippen LogP contribution in [0.25, 0.3) is 0 Å². The molecule has 1 aromatic carbocycles. The summed E-state index contributed by atoms with van der Waals surface area (Å²) in [6, 6.07) is 1.81. The van der Waals surface area contributed by atoms with Crippen molar-refractivity contribution in [3.8, 4) is 5.75 Å². The minimum Gasteiger partial charge on any atom is -0.454 e. The molecule has 2 N–H and O–H groups in total. The predicted molar refractivity (Wildman–Crippen MR) is 78.4 cm³/mol. The van der Waals surface area contributed by atoms with Gasteiger partial charge in [-0.05, 0) is 19.9 Å². The van der Waals surface area contributed by atoms with Gasteiger partial charge in [0.15, 0.2) is 11.6 Å². The molecule has 0 saturated carbocycles. The maximum Gasteiger partial charge on any atom is 0.167 e. The lowest BCUT2D eigenvalue weighted by Crippen LogP contribution is -2.13. The number of nitrogen functional groups attached to an aromatic ring is 1. The quantitative estimate of drug-likeness (QED) is 0.684. The number of hydrazone groups is 1. The first-order chi connectivity index (χ1) is 10.0. The highest BCUT2D eigenvalue weighted by atomic mass is 19.1. The normalized spacial score (nSPS) is 16.7. The molecule has 0 amide bonds. The summed E-state index contributed by atoms with van der Waals surface area (Å²) in [5, 5.41) is 5.75. The third kappa shape index (κ3) is 3.28. The van der Waals surface area contributed by atoms with Gasteiger partial charge in [-0.1, -0.05) is 6.08 Å². The average Bonchev–Trinajstić information content (AvgIpc) is 2.46. The van der Waals surface area contributed by atoms with Crippen molar-refractivity contribution in [2.24, 2.45) is 5.10 Å². The van der Waals surface area contributed by atoms with Gasteiger partial charge in [0.1, 0.15) is 11.6 Å². The molecule has 1 heterocycles. The molecule has 1 aliphatic rings. The van der Waals surface area contributed by atoms with Crippen molar-refractivity contribution in [3.63, 3.8) is 0 Å². The molecule has 21 heavy (non-hydrogen) atoms. The molecule has 0 aliphatic carbocycles. The van der Waals surface area contributed by atoms with Crippen LogP contribution in [-0.2, 0) is 0 Å². The van der Waals surface area contributed by atoms with Crippen molar-refractivity contribution in [2.45, 2.75) is 13.8 Å². The number of hydrogen-bond donors (Lipinski definition) is 1. The molecule has 0 fully saturated rings. The van der Waals surface area contributed by atoms with Crippen LogP contribution < -0.4 is 10.5 Å². The highest BCUT2D eigenvalue weighted by Gasteiger charge is 2.14. The lowest BCUT2D eigenvalue weighted by Gasteiger charge is -2.20. The number of hydrogen-bond acceptors (Lipinski definition) is 4. The Bertz CT molecular complexity index is 663. The van der Waals surface area contributed by atoms with E-state index in [2.05, 4.69) is 5.10 Å². The van der Waals surface area contributed by atoms with Crippen molar-refractivity contribution in [1.29, 1.82) is 0 Å². The van der Waals surface area contributed by atoms with Gasteiger partial charge < -0.3 is 10.5 Å². The number of ether oxygens (including phenoxy) is 1. The Balaban J connectivity index is 2.25. The maximum atomic E-state index is 13.7. The summed E-state index contributed by atoms with van der Waals surface area (Å²) in [7, 11) is 0. The van der Waals surface area contributed by atoms with Crippen LogP contribution in [0.15, 0.2) is 53.1 Å². The second-order valence-electron chi connectivity index (χ2n) is 4.20. The molecular weight excluding hydrogens is 276 g/mol. The zero-order valence-electron chi connectivity index (χ0n) is 11.7. The van der Waals surface area contributed by atoms with E-state index in [0.29, 0.717) is 5.76 Å². The van der Waals surface area contributed by atoms with Gasteiger partial charge >= 0.3 is 0 Å². The van der Waals surface area contributed by atoms with E-state index in [1.54, 1.807) is 36.5 Å². The number of allylic oxidation sites excluding steroid dienone is 3. The second kappa shape index (κ2) is 6.21. The molecule has 1 aromatic rings. The number of nitrogens with two attached hydrogens (primary N) is 1. The van der Waals surface area contributed by atoms with E-state index in [1.807, 2.05) is 13.0 Å². The first kappa shape index (κ1) is 14.8. The Morgan fingerprint density at radius 1 is 1.24 bits per heavy atom. The van der Waals surface area contributed by atoms with Crippen molar-refractivity contribution in [3.05, 3.63) is 59.7 Å². The second-order valence-corrected chi connectivity index (χ2v) is 4.20. The Hall–Kier alpha value is -2.63. The largest absolute Gasteiger partial charge is 0.454 e. The summed E-state index contributed by atoms with van der Waals surface area (Å²) in [5.41, 5.74) is 5.78. The fraction of sp³-hybridized carbons (Fsp3) is 0.133. The standard InChI is InChI=1S/C15H15F2N3O/c1-3-10-7-11(5-6-20(10)19-4-2)21-15-9-12(16)14(18)8-13(15)17/h3-9H,18H2,1-2H3/b10-3?,19-4-. The summed E-state index contributed by atoms with van der Waals surface area (Å²) in [5.74, 6) is -1.30. The van der Waals surface area contributed by atoms with Crippen LogP contribution in [0.3, 0.4) is 0 Å². The number of benzene rings is 1. The van der Waals surface area contributed by atoms with Crippen molar-refractivity contribution < 1.29 is 13.5 Å². The number of rotatable bonds is 3. The van der Waals surface area contributed by atoms with Crippen molar-refractivity contribution in [1.82, 2.24) is 5.01 Å². The molecule has 0 aromatic heterocycles. The van der Waals surface area contributed by atoms with E-state index in [0.717, 1.165) is 17.8 Å². The van der Waals surface area contributed by atoms with Crippen LogP contribution >= 0.6 is 0 Å². The van der Waals surface area contributed by atoms with Gasteiger partial charge in [-0.2, -0.15) is 5.10 Å². The van der Waals surface area contributed by atoms with E-state index in [9.17, 15) is 8.78 Å². The molecule has 0 atom stereocenters. The van der Waals surface area contributed by atoms with E-state index < -0.39 is 11.6 Å². The zero-order valence-corrected chi connectivity index (χ0v) is 11.7. The molecule has 0 radical (unpaired) electrons. The highest BCUT2D eigenvalue weighted by Crippen LogP contribution is 2.27. The Kier molecular flexibility index (Phi) is 4.37. The minimum absolute atomic E-state index is 0.222. The third-order valence-electron chi connectivity index (χ3n) is 2.75. The summed E-state index contributed by atoms with van der Waals surface area (Å²) in [6.45, 7) is 3.63. The molecule has 2 rings (SSSR count). The molecule has 1 aliphatic heterocycles. The van der Waals surface area contributed by atoms with Crippen LogP contribution in [-0.4, -0.2) is 11.2 Å². The van der Waals surface area contributed by atoms with Crippen LogP contribution in [0.1, 0.15) is 13.8 Å². The fourth-order valence-corrected chi connectivity index (χ4v) is 1.75. The summed E-state index contributed by atoms with van der Waals surface area (Å²) < 4.78 is 32.4. The van der Waals surface area contributed by atoms with Gasteiger partial charge in [0.05, 0.1) is 11.4 Å². The minimum atomic E-state index is -0.727. The van der Waals surface area contributed by atoms with Crippen LogP contribution in [0, 0.1) is 11.6 Å². The molecule has 0 bridgehead atoms. The third-order valence-corrected chi connectivity index (χ3v) is 2.75. The molecule has 0 spiro atoms. The van der Waals surface area contributed by atoms with Gasteiger partial charge in [0.2, 0.25) is 0 Å². The smallest absolute Gasteiger partial charge is 0.167 e. The van der Waals surface area contributed by atoms with Gasteiger partial charge in [-0.15, -0.1) is 0 Å². The molecule has 6 heteroatoms. The SMILES string of the molecule is CC=C1C=C(Oc2cc(F)c(N)cc2F)C=CN1/N=C\C. The van der Waals surface area contributed by atoms with Gasteiger partial charge in [-0.3, -0.25) is 0 Å². The van der Waals surface area contributed by atoms with Gasteiger partial charge in [0.25, 0.3) is 0 Å². The summed E-state index contributed by atoms with van der Waals surface area (Å²) in [4.78, 5) is 0. The lowest BCUT2D eigenvalue weighted by atomic mass is 10.2. The van der Waals surface area contributed by atoms with Crippen LogP contribution in [0.5, 0.6) is 5.75 Å². The first-order valence-corrected chi connectivity index (χ1v) is 6.31. The molecular formula is C15H15F2N3O. The van der Waals surface area contributed by atoms with Crippen LogP contribution in [0.2, 0.25) is 0 Å². The van der Waals surface area contributed by atoms with E-state index in [1.165, 1.54) is 0 Å². The summed E-state index contributed by atoms with van der Waals surface area (Å²) in [6.07, 6.45) is 8.40. The molecule has 0 saturated heterocycles. The molecule has 0 unspecified atom stereocenters. The Morgan fingerprint density at radius 2 is 2.00 bits per heavy atom. The monoisotopic (exact) mass is 291 g/mol. The lowest BCUT2D eigenvalue weighted by molar-refractivity contribution is 0.395. The fourth-order valence-electron chi connectivity index (χ4n) is 1.75. The Labute approximate surface area is 121 Å². The zero-order chi connectivity index (χ0) is 15.4. The average molecular weight is 291 g/mol.